The third-order valence-corrected chi connectivity index (χ3v) is 4.59. The van der Waals surface area contributed by atoms with Gasteiger partial charge < -0.3 is 10.6 Å². The number of rotatable bonds is 9. The zero-order chi connectivity index (χ0) is 20.5. The maximum Gasteiger partial charge on any atom is 0.292 e. The second kappa shape index (κ2) is 10.0. The number of amides is 1. The van der Waals surface area contributed by atoms with E-state index in [9.17, 15) is 14.9 Å². The highest BCUT2D eigenvalue weighted by Crippen LogP contribution is 2.23. The number of nitro benzene ring substituents is 1. The molecule has 0 radical (unpaired) electrons. The molecule has 3 aromatic rings. The minimum Gasteiger partial charge on any atom is -0.379 e. The molecule has 0 heterocycles. The van der Waals surface area contributed by atoms with Gasteiger partial charge in [0, 0.05) is 19.0 Å². The lowest BCUT2D eigenvalue weighted by Crippen LogP contribution is -2.31. The summed E-state index contributed by atoms with van der Waals surface area (Å²) in [4.78, 5) is 23.2. The number of anilines is 1. The van der Waals surface area contributed by atoms with Gasteiger partial charge in [0.05, 0.1) is 11.0 Å². The number of hydrogen-bond acceptors (Lipinski definition) is 4. The summed E-state index contributed by atoms with van der Waals surface area (Å²) in [5.74, 6) is -0.110. The normalized spacial score (nSPS) is 11.4. The summed E-state index contributed by atoms with van der Waals surface area (Å²) in [7, 11) is 0. The predicted molar refractivity (Wildman–Crippen MR) is 114 cm³/mol. The highest BCUT2D eigenvalue weighted by Gasteiger charge is 2.16. The van der Waals surface area contributed by atoms with E-state index in [2.05, 4.69) is 10.6 Å². The number of para-hydroxylation sites is 2. The first-order chi connectivity index (χ1) is 14.1. The van der Waals surface area contributed by atoms with Crippen LogP contribution in [-0.2, 0) is 11.2 Å². The molecule has 3 aromatic carbocycles. The Morgan fingerprint density at radius 2 is 1.52 bits per heavy atom. The molecule has 0 bridgehead atoms. The Kier molecular flexibility index (Phi) is 6.95. The van der Waals surface area contributed by atoms with Crippen LogP contribution in [0.4, 0.5) is 11.4 Å². The molecule has 0 fully saturated rings. The molecule has 148 valence electrons. The van der Waals surface area contributed by atoms with Crippen LogP contribution in [0.15, 0.2) is 84.9 Å². The van der Waals surface area contributed by atoms with Crippen LogP contribution in [0.25, 0.3) is 0 Å². The fourth-order valence-electron chi connectivity index (χ4n) is 3.15. The van der Waals surface area contributed by atoms with E-state index in [0.29, 0.717) is 18.7 Å². The Bertz CT molecular complexity index is 946. The lowest BCUT2D eigenvalue weighted by molar-refractivity contribution is -0.384. The maximum atomic E-state index is 12.5. The summed E-state index contributed by atoms with van der Waals surface area (Å²) in [6, 6.07) is 26.1. The van der Waals surface area contributed by atoms with Crippen LogP contribution in [0.2, 0.25) is 0 Å². The summed E-state index contributed by atoms with van der Waals surface area (Å²) < 4.78 is 0. The zero-order valence-corrected chi connectivity index (χ0v) is 16.0. The quantitative estimate of drug-likeness (QED) is 0.417. The zero-order valence-electron chi connectivity index (χ0n) is 16.0. The van der Waals surface area contributed by atoms with Gasteiger partial charge in [-0.05, 0) is 23.6 Å². The molecule has 1 atom stereocenters. The molecule has 6 nitrogen and oxygen atoms in total. The largest absolute Gasteiger partial charge is 0.379 e. The van der Waals surface area contributed by atoms with Gasteiger partial charge in [-0.1, -0.05) is 72.8 Å². The van der Waals surface area contributed by atoms with E-state index in [1.54, 1.807) is 18.2 Å². The minimum absolute atomic E-state index is 0.000789. The van der Waals surface area contributed by atoms with E-state index in [4.69, 9.17) is 0 Å². The van der Waals surface area contributed by atoms with Crippen molar-refractivity contribution in [3.05, 3.63) is 106 Å². The fourth-order valence-corrected chi connectivity index (χ4v) is 3.15. The molecular formula is C23H23N3O3. The van der Waals surface area contributed by atoms with Gasteiger partial charge in [0.1, 0.15) is 5.69 Å². The Morgan fingerprint density at radius 3 is 2.21 bits per heavy atom. The molecule has 0 saturated heterocycles. The molecule has 0 aromatic heterocycles. The smallest absolute Gasteiger partial charge is 0.292 e. The Hall–Kier alpha value is -3.67. The number of carbonyl (C=O) groups excluding carboxylic acids is 1. The van der Waals surface area contributed by atoms with Crippen molar-refractivity contribution in [3.8, 4) is 0 Å². The molecule has 0 aliphatic rings. The molecule has 6 heteroatoms. The maximum absolute atomic E-state index is 12.5. The van der Waals surface area contributed by atoms with Crippen molar-refractivity contribution in [1.29, 1.82) is 0 Å². The summed E-state index contributed by atoms with van der Waals surface area (Å²) in [6.07, 6.45) is 0.901. The molecule has 2 N–H and O–H groups in total. The standard InChI is InChI=1S/C23H23N3O3/c27-23(15-16-24-20-13-7-8-14-22(20)26(28)29)25-21(19-11-5-2-6-12-19)17-18-9-3-1-4-10-18/h1-14,21,24H,15-17H2,(H,25,27)/t21-/m1/s1. The highest BCUT2D eigenvalue weighted by atomic mass is 16.6. The van der Waals surface area contributed by atoms with Crippen molar-refractivity contribution >= 4 is 17.3 Å². The Labute approximate surface area is 169 Å². The molecule has 0 aliphatic carbocycles. The topological polar surface area (TPSA) is 84.3 Å². The molecule has 1 amide bonds. The number of nitro groups is 1. The predicted octanol–water partition coefficient (Wildman–Crippen LogP) is 4.50. The number of carbonyl (C=O) groups is 1. The third kappa shape index (κ3) is 5.90. The van der Waals surface area contributed by atoms with Gasteiger partial charge >= 0.3 is 0 Å². The number of benzene rings is 3. The molecule has 3 rings (SSSR count). The highest BCUT2D eigenvalue weighted by molar-refractivity contribution is 5.77. The SMILES string of the molecule is O=C(CCNc1ccccc1[N+](=O)[O-])N[C@H](Cc1ccccc1)c1ccccc1. The first kappa shape index (κ1) is 20.1. The number of hydrogen-bond donors (Lipinski definition) is 2. The first-order valence-electron chi connectivity index (χ1n) is 9.49. The van der Waals surface area contributed by atoms with Crippen molar-refractivity contribution in [2.75, 3.05) is 11.9 Å². The van der Waals surface area contributed by atoms with Crippen molar-refractivity contribution in [2.45, 2.75) is 18.9 Å². The van der Waals surface area contributed by atoms with Gasteiger partial charge in [-0.15, -0.1) is 0 Å². The van der Waals surface area contributed by atoms with Gasteiger partial charge in [0.2, 0.25) is 5.91 Å². The minimum atomic E-state index is -0.437. The van der Waals surface area contributed by atoms with Crippen molar-refractivity contribution in [2.24, 2.45) is 0 Å². The summed E-state index contributed by atoms with van der Waals surface area (Å²) in [6.45, 7) is 0.309. The Balaban J connectivity index is 1.61. The van der Waals surface area contributed by atoms with Gasteiger partial charge in [0.15, 0.2) is 0 Å². The molecule has 29 heavy (non-hydrogen) atoms. The molecular weight excluding hydrogens is 366 g/mol. The summed E-state index contributed by atoms with van der Waals surface area (Å²) in [5.41, 5.74) is 2.59. The molecule has 0 spiro atoms. The van der Waals surface area contributed by atoms with Crippen molar-refractivity contribution in [3.63, 3.8) is 0 Å². The first-order valence-corrected chi connectivity index (χ1v) is 9.49. The van der Waals surface area contributed by atoms with Crippen LogP contribution in [0.1, 0.15) is 23.6 Å². The lowest BCUT2D eigenvalue weighted by atomic mass is 9.98. The average Bonchev–Trinajstić information content (AvgIpc) is 2.75. The van der Waals surface area contributed by atoms with E-state index in [1.165, 1.54) is 6.07 Å². The van der Waals surface area contributed by atoms with Crippen LogP contribution in [0.5, 0.6) is 0 Å². The van der Waals surface area contributed by atoms with Crippen molar-refractivity contribution in [1.82, 2.24) is 5.32 Å². The van der Waals surface area contributed by atoms with Gasteiger partial charge in [-0.3, -0.25) is 14.9 Å². The van der Waals surface area contributed by atoms with Crippen LogP contribution in [0.3, 0.4) is 0 Å². The van der Waals surface area contributed by atoms with Crippen LogP contribution >= 0.6 is 0 Å². The van der Waals surface area contributed by atoms with E-state index in [-0.39, 0.29) is 24.1 Å². The van der Waals surface area contributed by atoms with Crippen LogP contribution < -0.4 is 10.6 Å². The van der Waals surface area contributed by atoms with Gasteiger partial charge in [0.25, 0.3) is 5.69 Å². The van der Waals surface area contributed by atoms with Crippen molar-refractivity contribution < 1.29 is 9.72 Å². The van der Waals surface area contributed by atoms with E-state index < -0.39 is 4.92 Å². The average molecular weight is 389 g/mol. The number of nitrogens with one attached hydrogen (secondary N) is 2. The second-order valence-corrected chi connectivity index (χ2v) is 6.67. The van der Waals surface area contributed by atoms with Gasteiger partial charge in [-0.25, -0.2) is 0 Å². The van der Waals surface area contributed by atoms with E-state index >= 15 is 0 Å². The monoisotopic (exact) mass is 389 g/mol. The van der Waals surface area contributed by atoms with Crippen LogP contribution in [-0.4, -0.2) is 17.4 Å². The summed E-state index contributed by atoms with van der Waals surface area (Å²) in [5, 5.41) is 17.2. The number of nitrogens with zero attached hydrogens (tertiary/aromatic N) is 1. The van der Waals surface area contributed by atoms with E-state index in [0.717, 1.165) is 11.1 Å². The summed E-state index contributed by atoms with van der Waals surface area (Å²) >= 11 is 0. The van der Waals surface area contributed by atoms with Crippen LogP contribution in [0, 0.1) is 10.1 Å². The molecule has 0 aliphatic heterocycles. The molecule has 0 unspecified atom stereocenters. The van der Waals surface area contributed by atoms with E-state index in [1.807, 2.05) is 60.7 Å². The lowest BCUT2D eigenvalue weighted by Gasteiger charge is -2.20. The Morgan fingerprint density at radius 1 is 0.897 bits per heavy atom. The second-order valence-electron chi connectivity index (χ2n) is 6.67. The van der Waals surface area contributed by atoms with Gasteiger partial charge in [-0.2, -0.15) is 0 Å². The fraction of sp³-hybridized carbons (Fsp3) is 0.174. The molecule has 0 saturated carbocycles. The third-order valence-electron chi connectivity index (χ3n) is 4.59.